The van der Waals surface area contributed by atoms with Gasteiger partial charge in [0, 0.05) is 28.3 Å². The average Bonchev–Trinajstić information content (AvgIpc) is 3.39. The summed E-state index contributed by atoms with van der Waals surface area (Å²) < 4.78 is 0. The number of amides is 1. The summed E-state index contributed by atoms with van der Waals surface area (Å²) in [5.41, 5.74) is 1.46. The van der Waals surface area contributed by atoms with Gasteiger partial charge >= 0.3 is 0 Å². The molecular weight excluding hydrogens is 374 g/mol. The third kappa shape index (κ3) is 3.88. The van der Waals surface area contributed by atoms with Gasteiger partial charge in [0.25, 0.3) is 0 Å². The van der Waals surface area contributed by atoms with Crippen LogP contribution in [0.2, 0.25) is 0 Å². The van der Waals surface area contributed by atoms with E-state index >= 15 is 0 Å². The second-order valence-electron chi connectivity index (χ2n) is 8.33. The molecule has 2 aliphatic rings. The van der Waals surface area contributed by atoms with E-state index in [1.807, 2.05) is 16.2 Å². The Balaban J connectivity index is 1.65. The monoisotopic (exact) mass is 403 g/mol. The van der Waals surface area contributed by atoms with Crippen molar-refractivity contribution >= 4 is 39.2 Å². The molecule has 0 aromatic carbocycles. The fourth-order valence-electron chi connectivity index (χ4n) is 4.15. The van der Waals surface area contributed by atoms with Crippen LogP contribution in [0.3, 0.4) is 0 Å². The predicted molar refractivity (Wildman–Crippen MR) is 114 cm³/mol. The summed E-state index contributed by atoms with van der Waals surface area (Å²) in [6.07, 6.45) is 7.24. The molecule has 0 spiro atoms. The van der Waals surface area contributed by atoms with Crippen LogP contribution in [0.4, 0.5) is 0 Å². The number of hydrogen-bond donors (Lipinski definition) is 0. The van der Waals surface area contributed by atoms with Gasteiger partial charge in [-0.15, -0.1) is 11.3 Å². The normalized spacial score (nSPS) is 17.0. The first-order valence-electron chi connectivity index (χ1n) is 10.2. The van der Waals surface area contributed by atoms with E-state index in [1.54, 1.807) is 11.8 Å². The summed E-state index contributed by atoms with van der Waals surface area (Å²) >= 11 is 3.49. The minimum absolute atomic E-state index is 0.203. The maximum absolute atomic E-state index is 12.9. The molecule has 1 saturated carbocycles. The molecule has 0 aliphatic heterocycles. The van der Waals surface area contributed by atoms with E-state index in [9.17, 15) is 4.79 Å². The van der Waals surface area contributed by atoms with Crippen LogP contribution in [0.1, 0.15) is 75.6 Å². The Bertz CT molecular complexity index is 847. The van der Waals surface area contributed by atoms with Gasteiger partial charge in [0.2, 0.25) is 5.91 Å². The molecule has 0 saturated heterocycles. The number of thiophene rings is 1. The number of aromatic nitrogens is 2. The Labute approximate surface area is 170 Å². The molecule has 2 aromatic rings. The molecule has 0 atom stereocenters. The third-order valence-corrected chi connectivity index (χ3v) is 7.62. The fourth-order valence-corrected chi connectivity index (χ4v) is 6.41. The maximum atomic E-state index is 12.9. The maximum Gasteiger partial charge on any atom is 0.233 e. The lowest BCUT2D eigenvalue weighted by atomic mass is 9.97. The molecule has 1 amide bonds. The number of carbonyl (C=O) groups excluding carboxylic acids is 1. The Morgan fingerprint density at radius 3 is 2.52 bits per heavy atom. The van der Waals surface area contributed by atoms with Crippen LogP contribution in [0, 0.1) is 0 Å². The zero-order valence-electron chi connectivity index (χ0n) is 16.7. The van der Waals surface area contributed by atoms with Crippen LogP contribution in [0.5, 0.6) is 0 Å². The lowest BCUT2D eigenvalue weighted by molar-refractivity contribution is -0.131. The highest BCUT2D eigenvalue weighted by atomic mass is 32.2. The molecule has 146 valence electrons. The van der Waals surface area contributed by atoms with E-state index in [1.165, 1.54) is 47.9 Å². The number of aryl methyl sites for hydroxylation is 2. The van der Waals surface area contributed by atoms with E-state index in [2.05, 4.69) is 27.7 Å². The molecule has 2 heterocycles. The number of hydrogen-bond acceptors (Lipinski definition) is 5. The lowest BCUT2D eigenvalue weighted by Gasteiger charge is -2.30. The van der Waals surface area contributed by atoms with E-state index in [0.717, 1.165) is 22.1 Å². The highest BCUT2D eigenvalue weighted by molar-refractivity contribution is 8.00. The average molecular weight is 404 g/mol. The number of rotatable bonds is 6. The first-order valence-corrected chi connectivity index (χ1v) is 12.0. The smallest absolute Gasteiger partial charge is 0.233 e. The zero-order chi connectivity index (χ0) is 19.1. The molecule has 27 heavy (non-hydrogen) atoms. The summed E-state index contributed by atoms with van der Waals surface area (Å²) in [6, 6.07) is 0.443. The van der Waals surface area contributed by atoms with Gasteiger partial charge in [-0.25, -0.2) is 9.97 Å². The van der Waals surface area contributed by atoms with Gasteiger partial charge in [-0.2, -0.15) is 0 Å². The van der Waals surface area contributed by atoms with Gasteiger partial charge in [-0.3, -0.25) is 4.79 Å². The Morgan fingerprint density at radius 1 is 1.15 bits per heavy atom. The van der Waals surface area contributed by atoms with Crippen LogP contribution in [-0.4, -0.2) is 38.6 Å². The molecule has 1 fully saturated rings. The number of nitrogens with zero attached hydrogens (tertiary/aromatic N) is 3. The minimum atomic E-state index is 0.203. The molecule has 4 rings (SSSR count). The van der Waals surface area contributed by atoms with Crippen molar-refractivity contribution in [2.45, 2.75) is 89.2 Å². The first kappa shape index (κ1) is 19.2. The van der Waals surface area contributed by atoms with Crippen LogP contribution in [-0.2, 0) is 17.6 Å². The molecule has 6 heteroatoms. The quantitative estimate of drug-likeness (QED) is 0.492. The van der Waals surface area contributed by atoms with Crippen molar-refractivity contribution < 1.29 is 4.79 Å². The fraction of sp³-hybridized carbons (Fsp3) is 0.667. The summed E-state index contributed by atoms with van der Waals surface area (Å²) in [5.74, 6) is 2.19. The summed E-state index contributed by atoms with van der Waals surface area (Å²) in [4.78, 5) is 27.4. The van der Waals surface area contributed by atoms with Crippen molar-refractivity contribution in [3.05, 3.63) is 16.3 Å². The number of carbonyl (C=O) groups is 1. The SMILES string of the molecule is CC(C)N(C(=O)CSc1nc(C2CC2)nc2sc3c(c12)CCCC3)C(C)C. The van der Waals surface area contributed by atoms with E-state index < -0.39 is 0 Å². The van der Waals surface area contributed by atoms with E-state index in [0.29, 0.717) is 11.7 Å². The first-order chi connectivity index (χ1) is 13.0. The van der Waals surface area contributed by atoms with Crippen LogP contribution < -0.4 is 0 Å². The molecule has 4 nitrogen and oxygen atoms in total. The largest absolute Gasteiger partial charge is 0.337 e. The zero-order valence-corrected chi connectivity index (χ0v) is 18.4. The van der Waals surface area contributed by atoms with Gasteiger partial charge in [-0.1, -0.05) is 11.8 Å². The Hall–Kier alpha value is -1.14. The van der Waals surface area contributed by atoms with Gasteiger partial charge in [0.05, 0.1) is 5.75 Å². The predicted octanol–water partition coefficient (Wildman–Crippen LogP) is 5.19. The van der Waals surface area contributed by atoms with Gasteiger partial charge < -0.3 is 4.90 Å². The second kappa shape index (κ2) is 7.70. The van der Waals surface area contributed by atoms with Crippen molar-refractivity contribution in [2.75, 3.05) is 5.75 Å². The van der Waals surface area contributed by atoms with E-state index in [4.69, 9.17) is 9.97 Å². The summed E-state index contributed by atoms with van der Waals surface area (Å²) in [6.45, 7) is 8.36. The molecular formula is C21H29N3OS2. The van der Waals surface area contributed by atoms with Crippen molar-refractivity contribution in [1.29, 1.82) is 0 Å². The van der Waals surface area contributed by atoms with Crippen molar-refractivity contribution in [3.63, 3.8) is 0 Å². The molecule has 2 aromatic heterocycles. The van der Waals surface area contributed by atoms with E-state index in [-0.39, 0.29) is 18.0 Å². The molecule has 2 aliphatic carbocycles. The van der Waals surface area contributed by atoms with Crippen molar-refractivity contribution in [2.24, 2.45) is 0 Å². The van der Waals surface area contributed by atoms with Crippen molar-refractivity contribution in [1.82, 2.24) is 14.9 Å². The third-order valence-electron chi connectivity index (χ3n) is 5.47. The Kier molecular flexibility index (Phi) is 5.48. The van der Waals surface area contributed by atoms with Gasteiger partial charge in [-0.05, 0) is 71.8 Å². The standard InChI is InChI=1S/C21H29N3OS2/c1-12(2)24(13(3)4)17(25)11-26-20-18-15-7-5-6-8-16(15)27-21(18)23-19(22-20)14-9-10-14/h12-14H,5-11H2,1-4H3. The van der Waals surface area contributed by atoms with Crippen LogP contribution in [0.25, 0.3) is 10.2 Å². The molecule has 0 radical (unpaired) electrons. The lowest BCUT2D eigenvalue weighted by Crippen LogP contribution is -2.43. The van der Waals surface area contributed by atoms with Crippen LogP contribution in [0.15, 0.2) is 5.03 Å². The summed E-state index contributed by atoms with van der Waals surface area (Å²) in [5, 5.41) is 2.29. The van der Waals surface area contributed by atoms with Crippen LogP contribution >= 0.6 is 23.1 Å². The van der Waals surface area contributed by atoms with Crippen molar-refractivity contribution in [3.8, 4) is 0 Å². The van der Waals surface area contributed by atoms with Gasteiger partial charge in [0.15, 0.2) is 0 Å². The highest BCUT2D eigenvalue weighted by Gasteiger charge is 2.30. The number of thioether (sulfide) groups is 1. The number of fused-ring (bicyclic) bond motifs is 3. The summed E-state index contributed by atoms with van der Waals surface area (Å²) in [7, 11) is 0. The molecule has 0 bridgehead atoms. The minimum Gasteiger partial charge on any atom is -0.337 e. The second-order valence-corrected chi connectivity index (χ2v) is 10.4. The van der Waals surface area contributed by atoms with Gasteiger partial charge in [0.1, 0.15) is 15.7 Å². The highest BCUT2D eigenvalue weighted by Crippen LogP contribution is 2.44. The molecule has 0 N–H and O–H groups in total. The molecule has 0 unspecified atom stereocenters. The topological polar surface area (TPSA) is 46.1 Å². The Morgan fingerprint density at radius 2 is 1.85 bits per heavy atom.